The van der Waals surface area contributed by atoms with Gasteiger partial charge in [0, 0.05) is 43.8 Å². The summed E-state index contributed by atoms with van der Waals surface area (Å²) in [4.78, 5) is 0. The van der Waals surface area contributed by atoms with Crippen molar-refractivity contribution < 1.29 is 9.47 Å². The molecule has 0 saturated carbocycles. The minimum Gasteiger partial charge on any atom is -0.492 e. The highest BCUT2D eigenvalue weighted by Crippen LogP contribution is 2.44. The van der Waals surface area contributed by atoms with E-state index in [1.54, 1.807) is 0 Å². The number of aryl methyl sites for hydroxylation is 1. The molecule has 3 aliphatic heterocycles. The van der Waals surface area contributed by atoms with E-state index in [1.807, 2.05) is 41.8 Å². The summed E-state index contributed by atoms with van der Waals surface area (Å²) in [6.07, 6.45) is 10.9. The van der Waals surface area contributed by atoms with E-state index in [0.29, 0.717) is 10.5 Å². The van der Waals surface area contributed by atoms with Crippen LogP contribution < -0.4 is 9.47 Å². The largest absolute Gasteiger partial charge is 0.492 e. The van der Waals surface area contributed by atoms with Gasteiger partial charge < -0.3 is 9.47 Å². The smallest absolute Gasteiger partial charge is 0.122 e. The highest BCUT2D eigenvalue weighted by molar-refractivity contribution is 8.07. The number of ether oxygens (including phenoxy) is 2. The van der Waals surface area contributed by atoms with Crippen LogP contribution in [0.4, 0.5) is 0 Å². The Morgan fingerprint density at radius 3 is 1.47 bits per heavy atom. The van der Waals surface area contributed by atoms with Gasteiger partial charge in [-0.15, -0.1) is 19.7 Å². The van der Waals surface area contributed by atoms with E-state index < -0.39 is 5.41 Å². The molecule has 53 heavy (non-hydrogen) atoms. The molecule has 0 radical (unpaired) electrons. The molecule has 3 saturated heterocycles. The molecule has 0 amide bonds. The molecule has 0 aliphatic carbocycles. The maximum absolute atomic E-state index is 6.36. The Bertz CT molecular complexity index is 1860. The summed E-state index contributed by atoms with van der Waals surface area (Å²) in [5.74, 6) is 5.62. The zero-order chi connectivity index (χ0) is 37.0. The quantitative estimate of drug-likeness (QED) is 0.0506. The second-order valence-electron chi connectivity index (χ2n) is 15.5. The predicted octanol–water partition coefficient (Wildman–Crippen LogP) is 11.6. The summed E-state index contributed by atoms with van der Waals surface area (Å²) in [6, 6.07) is 30.2. The monoisotopic (exact) mass is 758 g/mol. The first kappa shape index (κ1) is 38.0. The van der Waals surface area contributed by atoms with Gasteiger partial charge in [-0.2, -0.15) is 35.3 Å². The van der Waals surface area contributed by atoms with E-state index >= 15 is 0 Å². The Hall–Kier alpha value is -3.25. The Kier molecular flexibility index (Phi) is 11.9. The van der Waals surface area contributed by atoms with E-state index in [1.165, 1.54) is 73.8 Å². The zero-order valence-electron chi connectivity index (χ0n) is 31.7. The predicted molar refractivity (Wildman–Crippen MR) is 233 cm³/mol. The number of rotatable bonds is 20. The van der Waals surface area contributed by atoms with Crippen LogP contribution in [0.2, 0.25) is 0 Å². The zero-order valence-corrected chi connectivity index (χ0v) is 34.2. The number of benzene rings is 4. The van der Waals surface area contributed by atoms with E-state index in [-0.39, 0.29) is 5.41 Å². The maximum Gasteiger partial charge on any atom is 0.122 e. The van der Waals surface area contributed by atoms with E-state index in [4.69, 9.17) is 9.47 Å². The van der Waals surface area contributed by atoms with Crippen LogP contribution in [-0.4, -0.2) is 46.2 Å². The van der Waals surface area contributed by atoms with Crippen LogP contribution in [0.3, 0.4) is 0 Å². The molecule has 3 aliphatic rings. The van der Waals surface area contributed by atoms with Crippen LogP contribution in [0, 0.1) is 0 Å². The maximum atomic E-state index is 6.36. The molecule has 3 unspecified atom stereocenters. The summed E-state index contributed by atoms with van der Waals surface area (Å²) >= 11 is 6.02. The van der Waals surface area contributed by atoms with Gasteiger partial charge in [0.05, 0.1) is 0 Å². The molecule has 0 aromatic heterocycles. The molecule has 0 spiro atoms. The first-order chi connectivity index (χ1) is 25.7. The van der Waals surface area contributed by atoms with Crippen LogP contribution in [0.5, 0.6) is 11.5 Å². The fraction of sp³-hybridized carbons (Fsp3) is 0.375. The number of thioether (sulfide) groups is 3. The number of hydrogen-bond donors (Lipinski definition) is 0. The topological polar surface area (TPSA) is 18.5 Å². The number of hydrogen-bond acceptors (Lipinski definition) is 5. The standard InChI is InChI=1S/C48H54O2S3/c1-7-10-34-25-39(15-13-33(34)14-22-42-30-51-42)47(4,5)37-16-18-38(19-17-37)48(6,40-20-23-45(35(26-40)11-8-2)49-28-43-31-52-43)41-21-24-46(36(27-41)12-9-3)50-29-44-32-53-44/h7-9,13,15-21,23-27,42-44H,1-3,10-12,14,22,28-32H2,4-6H3. The Balaban J connectivity index is 1.26. The molecular weight excluding hydrogens is 705 g/mol. The van der Waals surface area contributed by atoms with Gasteiger partial charge in [-0.1, -0.05) is 98.8 Å². The SMILES string of the molecule is C=CCc1cc(C(C)(C)c2ccc(C(C)(c3ccc(OCC4CS4)c(CC=C)c3)c3ccc(OCC4CS4)c(CC=C)c3)cc2)ccc1CCC1CS1. The van der Waals surface area contributed by atoms with Crippen molar-refractivity contribution in [2.45, 2.75) is 79.5 Å². The van der Waals surface area contributed by atoms with Gasteiger partial charge in [-0.25, -0.2) is 0 Å². The van der Waals surface area contributed by atoms with E-state index in [2.05, 4.69) is 131 Å². The molecule has 3 heterocycles. The van der Waals surface area contributed by atoms with Crippen LogP contribution in [0.1, 0.15) is 77.3 Å². The fourth-order valence-corrected chi connectivity index (χ4v) is 8.81. The van der Waals surface area contributed by atoms with Crippen molar-refractivity contribution in [3.05, 3.63) is 167 Å². The van der Waals surface area contributed by atoms with E-state index in [9.17, 15) is 0 Å². The van der Waals surface area contributed by atoms with Gasteiger partial charge in [-0.3, -0.25) is 0 Å². The first-order valence-electron chi connectivity index (χ1n) is 19.2. The summed E-state index contributed by atoms with van der Waals surface area (Å²) < 4.78 is 12.7. The summed E-state index contributed by atoms with van der Waals surface area (Å²) in [7, 11) is 0. The second kappa shape index (κ2) is 16.6. The highest BCUT2D eigenvalue weighted by atomic mass is 32.2. The van der Waals surface area contributed by atoms with Gasteiger partial charge in [-0.05, 0) is 101 Å². The van der Waals surface area contributed by atoms with Crippen LogP contribution >= 0.6 is 35.3 Å². The third-order valence-corrected chi connectivity index (χ3v) is 14.2. The Labute approximate surface area is 331 Å². The summed E-state index contributed by atoms with van der Waals surface area (Å²) in [6.45, 7) is 20.9. The molecular formula is C48H54O2S3. The van der Waals surface area contributed by atoms with Gasteiger partial charge >= 0.3 is 0 Å². The molecule has 5 heteroatoms. The molecule has 3 atom stereocenters. The van der Waals surface area contributed by atoms with Gasteiger partial charge in [0.1, 0.15) is 24.7 Å². The lowest BCUT2D eigenvalue weighted by Crippen LogP contribution is -2.27. The molecule has 4 aromatic rings. The van der Waals surface area contributed by atoms with E-state index in [0.717, 1.165) is 55.6 Å². The molecule has 276 valence electrons. The van der Waals surface area contributed by atoms with Crippen molar-refractivity contribution >= 4 is 35.3 Å². The summed E-state index contributed by atoms with van der Waals surface area (Å²) in [5, 5.41) is 2.07. The third kappa shape index (κ3) is 9.01. The Morgan fingerprint density at radius 2 is 0.981 bits per heavy atom. The average molecular weight is 759 g/mol. The molecule has 2 nitrogen and oxygen atoms in total. The van der Waals surface area contributed by atoms with Crippen molar-refractivity contribution in [1.29, 1.82) is 0 Å². The molecule has 7 rings (SSSR count). The van der Waals surface area contributed by atoms with Gasteiger partial charge in [0.2, 0.25) is 0 Å². The van der Waals surface area contributed by atoms with Crippen molar-refractivity contribution in [3.63, 3.8) is 0 Å². The van der Waals surface area contributed by atoms with Crippen molar-refractivity contribution in [3.8, 4) is 11.5 Å². The second-order valence-corrected chi connectivity index (χ2v) is 19.5. The van der Waals surface area contributed by atoms with Gasteiger partial charge in [0.15, 0.2) is 0 Å². The Morgan fingerprint density at radius 1 is 0.547 bits per heavy atom. The molecule has 0 bridgehead atoms. The van der Waals surface area contributed by atoms with Crippen molar-refractivity contribution in [2.24, 2.45) is 0 Å². The van der Waals surface area contributed by atoms with Gasteiger partial charge in [0.25, 0.3) is 0 Å². The lowest BCUT2D eigenvalue weighted by molar-refractivity contribution is 0.326. The molecule has 4 aromatic carbocycles. The molecule has 0 N–H and O–H groups in total. The van der Waals surface area contributed by atoms with Crippen LogP contribution in [-0.2, 0) is 36.5 Å². The fourth-order valence-electron chi connectivity index (χ4n) is 7.43. The lowest BCUT2D eigenvalue weighted by atomic mass is 9.69. The first-order valence-corrected chi connectivity index (χ1v) is 22.3. The minimum atomic E-state index is -0.442. The lowest BCUT2D eigenvalue weighted by Gasteiger charge is -2.34. The van der Waals surface area contributed by atoms with Crippen LogP contribution in [0.25, 0.3) is 0 Å². The van der Waals surface area contributed by atoms with Crippen molar-refractivity contribution in [2.75, 3.05) is 30.5 Å². The number of allylic oxidation sites excluding steroid dienone is 3. The summed E-state index contributed by atoms with van der Waals surface area (Å²) in [5.41, 5.74) is 11.0. The van der Waals surface area contributed by atoms with Crippen molar-refractivity contribution in [1.82, 2.24) is 0 Å². The highest BCUT2D eigenvalue weighted by Gasteiger charge is 2.34. The normalized spacial score (nSPS) is 19.9. The molecule has 3 fully saturated rings. The average Bonchev–Trinajstić information content (AvgIpc) is 4.00. The minimum absolute atomic E-state index is 0.165. The van der Waals surface area contributed by atoms with Crippen LogP contribution in [0.15, 0.2) is 117 Å². The third-order valence-electron chi connectivity index (χ3n) is 11.3.